The number of hydrogen-bond donors (Lipinski definition) is 1. The van der Waals surface area contributed by atoms with Crippen molar-refractivity contribution in [3.8, 4) is 11.8 Å². The normalized spacial score (nSPS) is 20.4. The van der Waals surface area contributed by atoms with Gasteiger partial charge in [0.25, 0.3) is 0 Å². The lowest BCUT2D eigenvalue weighted by molar-refractivity contribution is 0.0921. The summed E-state index contributed by atoms with van der Waals surface area (Å²) in [5.74, 6) is 0.907. The number of benzene rings is 1. The highest BCUT2D eigenvalue weighted by Crippen LogP contribution is 2.21. The van der Waals surface area contributed by atoms with Gasteiger partial charge in [-0.05, 0) is 83.0 Å². The van der Waals surface area contributed by atoms with Crippen molar-refractivity contribution in [2.75, 3.05) is 39.8 Å². The van der Waals surface area contributed by atoms with Crippen LogP contribution in [-0.4, -0.2) is 61.7 Å². The van der Waals surface area contributed by atoms with Gasteiger partial charge >= 0.3 is 0 Å². The Bertz CT molecular complexity index is 599. The number of likely N-dealkylation sites (tertiary alicyclic amines) is 2. The topological polar surface area (TPSA) is 51.5 Å². The molecule has 0 unspecified atom stereocenters. The monoisotopic (exact) mass is 370 g/mol. The summed E-state index contributed by atoms with van der Waals surface area (Å²) in [6, 6.07) is 11.9. The van der Waals surface area contributed by atoms with Crippen LogP contribution >= 0.6 is 0 Å². The second-order valence-electron chi connectivity index (χ2n) is 7.98. The Labute approximate surface area is 164 Å². The van der Waals surface area contributed by atoms with Crippen molar-refractivity contribution >= 4 is 0 Å². The fourth-order valence-corrected chi connectivity index (χ4v) is 4.18. The van der Waals surface area contributed by atoms with Crippen LogP contribution in [0.2, 0.25) is 0 Å². The maximum Gasteiger partial charge on any atom is 0.119 e. The second kappa shape index (κ2) is 10.7. The average molecular weight is 371 g/mol. The van der Waals surface area contributed by atoms with Gasteiger partial charge in [0.15, 0.2) is 0 Å². The Hall–Kier alpha value is -1.61. The Kier molecular flexibility index (Phi) is 7.94. The SMILES string of the molecule is CN1CCC(N2CCC(NCc3cccc(OCCCC#N)c3)CC2)CC1. The first-order chi connectivity index (χ1) is 13.2. The van der Waals surface area contributed by atoms with E-state index in [0.29, 0.717) is 19.1 Å². The van der Waals surface area contributed by atoms with Crippen molar-refractivity contribution in [3.05, 3.63) is 29.8 Å². The van der Waals surface area contributed by atoms with Crippen molar-refractivity contribution in [2.24, 2.45) is 0 Å². The van der Waals surface area contributed by atoms with E-state index in [2.05, 4.69) is 46.4 Å². The van der Waals surface area contributed by atoms with Crippen molar-refractivity contribution in [2.45, 2.75) is 57.2 Å². The number of nitrogens with one attached hydrogen (secondary N) is 1. The van der Waals surface area contributed by atoms with Gasteiger partial charge in [0.05, 0.1) is 12.7 Å². The number of nitrogens with zero attached hydrogens (tertiary/aromatic N) is 3. The van der Waals surface area contributed by atoms with E-state index in [1.54, 1.807) is 0 Å². The molecule has 5 nitrogen and oxygen atoms in total. The van der Waals surface area contributed by atoms with E-state index in [9.17, 15) is 0 Å². The van der Waals surface area contributed by atoms with Crippen LogP contribution in [0.25, 0.3) is 0 Å². The third-order valence-electron chi connectivity index (χ3n) is 5.93. The largest absolute Gasteiger partial charge is 0.494 e. The quantitative estimate of drug-likeness (QED) is 0.713. The van der Waals surface area contributed by atoms with Crippen molar-refractivity contribution in [3.63, 3.8) is 0 Å². The fourth-order valence-electron chi connectivity index (χ4n) is 4.18. The van der Waals surface area contributed by atoms with Crippen LogP contribution in [0.5, 0.6) is 5.75 Å². The Balaban J connectivity index is 1.37. The number of piperidine rings is 2. The van der Waals surface area contributed by atoms with Crippen molar-refractivity contribution in [1.29, 1.82) is 5.26 Å². The number of hydrogen-bond acceptors (Lipinski definition) is 5. The molecule has 2 aliphatic heterocycles. The first kappa shape index (κ1) is 20.1. The Morgan fingerprint density at radius 1 is 1.15 bits per heavy atom. The van der Waals surface area contributed by atoms with Crippen molar-refractivity contribution in [1.82, 2.24) is 15.1 Å². The fraction of sp³-hybridized carbons (Fsp3) is 0.682. The molecule has 27 heavy (non-hydrogen) atoms. The summed E-state index contributed by atoms with van der Waals surface area (Å²) >= 11 is 0. The summed E-state index contributed by atoms with van der Waals surface area (Å²) < 4.78 is 5.74. The molecule has 0 amide bonds. The van der Waals surface area contributed by atoms with E-state index in [0.717, 1.165) is 24.8 Å². The molecule has 2 fully saturated rings. The van der Waals surface area contributed by atoms with E-state index in [1.165, 1.54) is 57.4 Å². The van der Waals surface area contributed by atoms with Crippen LogP contribution in [0.1, 0.15) is 44.1 Å². The molecule has 0 radical (unpaired) electrons. The molecule has 2 aliphatic rings. The minimum absolute atomic E-state index is 0.553. The van der Waals surface area contributed by atoms with Gasteiger partial charge in [0, 0.05) is 25.0 Å². The van der Waals surface area contributed by atoms with Crippen LogP contribution in [-0.2, 0) is 6.54 Å². The minimum atomic E-state index is 0.553. The van der Waals surface area contributed by atoms with E-state index in [4.69, 9.17) is 10.00 Å². The third-order valence-corrected chi connectivity index (χ3v) is 5.93. The van der Waals surface area contributed by atoms with E-state index in [1.807, 2.05) is 6.07 Å². The highest BCUT2D eigenvalue weighted by molar-refractivity contribution is 5.28. The molecule has 0 atom stereocenters. The Morgan fingerprint density at radius 3 is 2.67 bits per heavy atom. The predicted molar refractivity (Wildman–Crippen MR) is 109 cm³/mol. The molecule has 0 aliphatic carbocycles. The molecular weight excluding hydrogens is 336 g/mol. The summed E-state index contributed by atoms with van der Waals surface area (Å²) in [7, 11) is 2.23. The van der Waals surface area contributed by atoms with E-state index >= 15 is 0 Å². The van der Waals surface area contributed by atoms with Gasteiger partial charge in [0.1, 0.15) is 5.75 Å². The summed E-state index contributed by atoms with van der Waals surface area (Å²) in [5.41, 5.74) is 1.27. The first-order valence-corrected chi connectivity index (χ1v) is 10.5. The molecule has 0 bridgehead atoms. The van der Waals surface area contributed by atoms with Crippen LogP contribution < -0.4 is 10.1 Å². The lowest BCUT2D eigenvalue weighted by Crippen LogP contribution is -2.49. The number of rotatable bonds is 8. The van der Waals surface area contributed by atoms with Gasteiger partial charge in [-0.25, -0.2) is 0 Å². The summed E-state index contributed by atoms with van der Waals surface area (Å²) in [6.07, 6.45) is 6.49. The average Bonchev–Trinajstić information content (AvgIpc) is 2.71. The highest BCUT2D eigenvalue weighted by atomic mass is 16.5. The van der Waals surface area contributed by atoms with Gasteiger partial charge < -0.3 is 19.9 Å². The number of nitriles is 1. The maximum atomic E-state index is 8.58. The lowest BCUT2D eigenvalue weighted by Gasteiger charge is -2.41. The van der Waals surface area contributed by atoms with E-state index in [-0.39, 0.29) is 0 Å². The van der Waals surface area contributed by atoms with Gasteiger partial charge in [-0.3, -0.25) is 0 Å². The van der Waals surface area contributed by atoms with Gasteiger partial charge in [-0.2, -0.15) is 5.26 Å². The molecule has 2 heterocycles. The molecule has 1 aromatic rings. The zero-order valence-electron chi connectivity index (χ0n) is 16.7. The van der Waals surface area contributed by atoms with Gasteiger partial charge in [-0.1, -0.05) is 12.1 Å². The predicted octanol–water partition coefficient (Wildman–Crippen LogP) is 3.02. The summed E-state index contributed by atoms with van der Waals surface area (Å²) in [5, 5.41) is 12.3. The molecular formula is C22H34N4O. The highest BCUT2D eigenvalue weighted by Gasteiger charge is 2.27. The molecule has 0 spiro atoms. The second-order valence-corrected chi connectivity index (χ2v) is 7.98. The Morgan fingerprint density at radius 2 is 1.93 bits per heavy atom. The molecule has 1 N–H and O–H groups in total. The molecule has 0 saturated carbocycles. The third kappa shape index (κ3) is 6.49. The van der Waals surface area contributed by atoms with Crippen LogP contribution in [0.3, 0.4) is 0 Å². The first-order valence-electron chi connectivity index (χ1n) is 10.5. The lowest BCUT2D eigenvalue weighted by atomic mass is 9.98. The maximum absolute atomic E-state index is 8.58. The molecule has 148 valence electrons. The summed E-state index contributed by atoms with van der Waals surface area (Å²) in [6.45, 7) is 6.46. The molecule has 2 saturated heterocycles. The molecule has 5 heteroatoms. The standard InChI is InChI=1S/C22H34N4O/c1-25-12-9-21(10-13-25)26-14-7-20(8-15-26)24-18-19-5-4-6-22(17-19)27-16-3-2-11-23/h4-6,17,20-21,24H,2-3,7-10,12-16,18H2,1H3. The zero-order chi connectivity index (χ0) is 18.9. The van der Waals surface area contributed by atoms with Gasteiger partial charge in [0.2, 0.25) is 0 Å². The van der Waals surface area contributed by atoms with Crippen LogP contribution in [0.4, 0.5) is 0 Å². The number of ether oxygens (including phenoxy) is 1. The van der Waals surface area contributed by atoms with Crippen LogP contribution in [0, 0.1) is 11.3 Å². The summed E-state index contributed by atoms with van der Waals surface area (Å²) in [4.78, 5) is 5.17. The van der Waals surface area contributed by atoms with Crippen LogP contribution in [0.15, 0.2) is 24.3 Å². The number of unbranched alkanes of at least 4 members (excludes halogenated alkanes) is 1. The smallest absolute Gasteiger partial charge is 0.119 e. The molecule has 1 aromatic carbocycles. The minimum Gasteiger partial charge on any atom is -0.494 e. The zero-order valence-corrected chi connectivity index (χ0v) is 16.7. The van der Waals surface area contributed by atoms with E-state index < -0.39 is 0 Å². The molecule has 0 aromatic heterocycles. The molecule has 3 rings (SSSR count). The van der Waals surface area contributed by atoms with Gasteiger partial charge in [-0.15, -0.1) is 0 Å². The van der Waals surface area contributed by atoms with Crippen molar-refractivity contribution < 1.29 is 4.74 Å².